The van der Waals surface area contributed by atoms with Gasteiger partial charge in [0, 0.05) is 44.3 Å². The molecule has 0 spiro atoms. The molecule has 2 aromatic rings. The molecule has 1 aliphatic heterocycles. The number of nitrogens with zero attached hydrogens (tertiary/aromatic N) is 4. The van der Waals surface area contributed by atoms with E-state index in [0.717, 1.165) is 25.7 Å². The summed E-state index contributed by atoms with van der Waals surface area (Å²) in [6.07, 6.45) is 4.43. The highest BCUT2D eigenvalue weighted by Crippen LogP contribution is 2.35. The molecule has 5 rings (SSSR count). The first-order valence-corrected chi connectivity index (χ1v) is 17.7. The van der Waals surface area contributed by atoms with E-state index in [1.807, 2.05) is 20.9 Å². The fourth-order valence-electron chi connectivity index (χ4n) is 7.01. The zero-order valence-corrected chi connectivity index (χ0v) is 29.3. The second-order valence-electron chi connectivity index (χ2n) is 14.4. The van der Waals surface area contributed by atoms with Gasteiger partial charge >= 0.3 is 0 Å². The molecule has 11 nitrogen and oxygen atoms in total. The van der Waals surface area contributed by atoms with Crippen molar-refractivity contribution in [2.24, 2.45) is 17.8 Å². The zero-order valence-electron chi connectivity index (χ0n) is 29.3. The minimum atomic E-state index is -1.70. The lowest BCUT2D eigenvalue weighted by Crippen LogP contribution is -2.58. The third-order valence-corrected chi connectivity index (χ3v) is 10.7. The molecule has 2 saturated carbocycles. The van der Waals surface area contributed by atoms with Crippen LogP contribution in [-0.4, -0.2) is 94.2 Å². The molecule has 1 aromatic heterocycles. The van der Waals surface area contributed by atoms with E-state index in [1.165, 1.54) is 18.3 Å². The number of hydrogen-bond acceptors (Lipinski definition) is 6. The topological polar surface area (TPSA) is 129 Å². The van der Waals surface area contributed by atoms with E-state index in [-0.39, 0.29) is 29.5 Å². The van der Waals surface area contributed by atoms with Crippen molar-refractivity contribution in [3.8, 4) is 0 Å². The Hall–Kier alpha value is -3.87. The van der Waals surface area contributed by atoms with Gasteiger partial charge in [0.15, 0.2) is 6.17 Å². The van der Waals surface area contributed by atoms with Crippen molar-refractivity contribution in [2.75, 3.05) is 32.0 Å². The van der Waals surface area contributed by atoms with E-state index in [2.05, 4.69) is 32.9 Å². The van der Waals surface area contributed by atoms with Gasteiger partial charge < -0.3 is 25.8 Å². The lowest BCUT2D eigenvalue weighted by atomic mass is 9.79. The Morgan fingerprint density at radius 3 is 2.29 bits per heavy atom. The fourth-order valence-corrected chi connectivity index (χ4v) is 7.01. The fraction of sp³-hybridized carbons (Fsp3) is 0.639. The predicted molar refractivity (Wildman–Crippen MR) is 182 cm³/mol. The Morgan fingerprint density at radius 2 is 1.65 bits per heavy atom. The standard InChI is InChI=1S/C36H51F2N7O4/c1-6-45-29(15-16-39-45)33(46)42-32(25-9-7-21(2)8-10-25)35(48)40-28-14-13-26(19-27(28)37)23(4)31(41-34(47)30(38)24-11-12-24)36(49)44-18-17-43(5)22(3)20-44/h13-16,19,21-25,30-32H,6-12,17-18,20H2,1-5H3,(H,40,48)(H,41,47)(H,42,46)/t21-,22-,23+,25-,30?,31?,32+/m1/s1. The van der Waals surface area contributed by atoms with Crippen molar-refractivity contribution >= 4 is 29.3 Å². The van der Waals surface area contributed by atoms with Gasteiger partial charge in [-0.25, -0.2) is 8.78 Å². The molecule has 268 valence electrons. The van der Waals surface area contributed by atoms with E-state index in [0.29, 0.717) is 56.2 Å². The van der Waals surface area contributed by atoms with E-state index in [1.54, 1.807) is 28.6 Å². The molecule has 49 heavy (non-hydrogen) atoms. The minimum Gasteiger partial charge on any atom is -0.341 e. The highest BCUT2D eigenvalue weighted by atomic mass is 19.1. The lowest BCUT2D eigenvalue weighted by molar-refractivity contribution is -0.140. The number of rotatable bonds is 12. The third-order valence-electron chi connectivity index (χ3n) is 10.7. The van der Waals surface area contributed by atoms with Crippen LogP contribution in [0.1, 0.15) is 88.2 Å². The smallest absolute Gasteiger partial charge is 0.270 e. The lowest BCUT2D eigenvalue weighted by Gasteiger charge is -2.40. The van der Waals surface area contributed by atoms with Crippen LogP contribution in [0.15, 0.2) is 30.5 Å². The van der Waals surface area contributed by atoms with E-state index in [4.69, 9.17) is 0 Å². The average molecular weight is 684 g/mol. The Labute approximate surface area is 287 Å². The molecule has 2 aliphatic carbocycles. The van der Waals surface area contributed by atoms with Gasteiger partial charge in [-0.1, -0.05) is 32.8 Å². The molecule has 3 fully saturated rings. The number of amides is 4. The van der Waals surface area contributed by atoms with Crippen molar-refractivity contribution < 1.29 is 28.0 Å². The Morgan fingerprint density at radius 1 is 0.959 bits per heavy atom. The summed E-state index contributed by atoms with van der Waals surface area (Å²) >= 11 is 0. The number of carbonyl (C=O) groups excluding carboxylic acids is 4. The summed E-state index contributed by atoms with van der Waals surface area (Å²) in [7, 11) is 1.98. The number of likely N-dealkylation sites (N-methyl/N-ethyl adjacent to an activating group) is 1. The van der Waals surface area contributed by atoms with Crippen LogP contribution in [0.25, 0.3) is 0 Å². The third kappa shape index (κ3) is 8.66. The highest BCUT2D eigenvalue weighted by Gasteiger charge is 2.41. The first-order chi connectivity index (χ1) is 23.4. The van der Waals surface area contributed by atoms with Crippen LogP contribution in [0.3, 0.4) is 0 Å². The Kier molecular flexibility index (Phi) is 11.7. The van der Waals surface area contributed by atoms with Gasteiger partial charge in [0.2, 0.25) is 11.8 Å². The molecule has 5 atom stereocenters. The van der Waals surface area contributed by atoms with Gasteiger partial charge in [-0.15, -0.1) is 0 Å². The van der Waals surface area contributed by atoms with Gasteiger partial charge in [-0.3, -0.25) is 23.9 Å². The number of aryl methyl sites for hydroxylation is 1. The maximum atomic E-state index is 15.8. The monoisotopic (exact) mass is 683 g/mol. The molecule has 2 unspecified atom stereocenters. The summed E-state index contributed by atoms with van der Waals surface area (Å²) in [5.41, 5.74) is 0.685. The maximum absolute atomic E-state index is 15.8. The molecule has 4 amide bonds. The number of carbonyl (C=O) groups is 4. The number of nitrogens with one attached hydrogen (secondary N) is 3. The Balaban J connectivity index is 1.33. The largest absolute Gasteiger partial charge is 0.341 e. The quantitative estimate of drug-likeness (QED) is 0.309. The summed E-state index contributed by atoms with van der Waals surface area (Å²) in [5.74, 6) is -3.47. The van der Waals surface area contributed by atoms with Gasteiger partial charge in [-0.2, -0.15) is 5.10 Å². The van der Waals surface area contributed by atoms with E-state index < -0.39 is 47.7 Å². The van der Waals surface area contributed by atoms with Gasteiger partial charge in [0.1, 0.15) is 23.6 Å². The molecule has 13 heteroatoms. The minimum absolute atomic E-state index is 0.0691. The summed E-state index contributed by atoms with van der Waals surface area (Å²) in [4.78, 5) is 57.6. The number of halogens is 2. The number of anilines is 1. The Bertz CT molecular complexity index is 1510. The summed E-state index contributed by atoms with van der Waals surface area (Å²) in [6.45, 7) is 9.80. The van der Waals surface area contributed by atoms with Gasteiger partial charge in [0.25, 0.3) is 11.8 Å². The number of aromatic nitrogens is 2. The number of alkyl halides is 1. The molecule has 0 bridgehead atoms. The molecule has 3 N–H and O–H groups in total. The van der Waals surface area contributed by atoms with Gasteiger partial charge in [0.05, 0.1) is 5.69 Å². The van der Waals surface area contributed by atoms with Gasteiger partial charge in [-0.05, 0) is 88.1 Å². The van der Waals surface area contributed by atoms with Crippen LogP contribution >= 0.6 is 0 Å². The van der Waals surface area contributed by atoms with Crippen molar-refractivity contribution in [1.29, 1.82) is 0 Å². The van der Waals surface area contributed by atoms with Crippen molar-refractivity contribution in [1.82, 2.24) is 30.2 Å². The van der Waals surface area contributed by atoms with Crippen LogP contribution in [-0.2, 0) is 20.9 Å². The SMILES string of the molecule is CCn1nccc1C(=O)N[C@H](C(=O)Nc1ccc([C@H](C)C(NC(=O)C(F)C2CC2)C(=O)N2CCN(C)[C@H](C)C2)cc1F)[C@H]1CC[C@H](C)CC1. The van der Waals surface area contributed by atoms with Crippen LogP contribution in [0.2, 0.25) is 0 Å². The van der Waals surface area contributed by atoms with Crippen molar-refractivity contribution in [2.45, 2.75) is 103 Å². The van der Waals surface area contributed by atoms with E-state index >= 15 is 4.39 Å². The maximum Gasteiger partial charge on any atom is 0.270 e. The molecule has 1 saturated heterocycles. The van der Waals surface area contributed by atoms with Crippen LogP contribution in [0, 0.1) is 23.6 Å². The molecule has 2 heterocycles. The molecule has 0 radical (unpaired) electrons. The van der Waals surface area contributed by atoms with Crippen molar-refractivity contribution in [3.63, 3.8) is 0 Å². The average Bonchev–Trinajstić information content (AvgIpc) is 3.83. The normalized spacial score (nSPS) is 24.0. The second kappa shape index (κ2) is 15.8. The van der Waals surface area contributed by atoms with Crippen LogP contribution in [0.4, 0.5) is 14.5 Å². The first kappa shape index (κ1) is 36.4. The first-order valence-electron chi connectivity index (χ1n) is 17.7. The summed E-state index contributed by atoms with van der Waals surface area (Å²) < 4.78 is 32.1. The van der Waals surface area contributed by atoms with Crippen LogP contribution < -0.4 is 16.0 Å². The molecular formula is C36H51F2N7O4. The number of benzene rings is 1. The summed E-state index contributed by atoms with van der Waals surface area (Å²) in [6, 6.07) is 3.97. The highest BCUT2D eigenvalue weighted by molar-refractivity contribution is 6.00. The molecule has 3 aliphatic rings. The predicted octanol–water partition coefficient (Wildman–Crippen LogP) is 4.10. The second-order valence-corrected chi connectivity index (χ2v) is 14.4. The number of hydrogen-bond donors (Lipinski definition) is 3. The summed E-state index contributed by atoms with van der Waals surface area (Å²) in [5, 5.41) is 12.4. The molecule has 1 aromatic carbocycles. The van der Waals surface area contributed by atoms with Crippen molar-refractivity contribution in [3.05, 3.63) is 47.5 Å². The molecular weight excluding hydrogens is 632 g/mol. The van der Waals surface area contributed by atoms with E-state index in [9.17, 15) is 23.6 Å². The van der Waals surface area contributed by atoms with Crippen LogP contribution in [0.5, 0.6) is 0 Å². The zero-order chi connectivity index (χ0) is 35.4. The number of piperazine rings is 1.